The molecule has 1 aliphatic rings. The number of carbonyl (C=O) groups is 1. The Labute approximate surface area is 209 Å². The quantitative estimate of drug-likeness (QED) is 0.443. The molecule has 184 valence electrons. The van der Waals surface area contributed by atoms with Gasteiger partial charge in [0.05, 0.1) is 40.2 Å². The topological polar surface area (TPSA) is 82.2 Å². The van der Waals surface area contributed by atoms with E-state index in [1.165, 1.54) is 17.4 Å². The molecule has 2 aromatic carbocycles. The van der Waals surface area contributed by atoms with Crippen molar-refractivity contribution in [3.8, 4) is 28.5 Å². The highest BCUT2D eigenvalue weighted by Gasteiger charge is 2.19. The van der Waals surface area contributed by atoms with Crippen molar-refractivity contribution < 1.29 is 23.7 Å². The van der Waals surface area contributed by atoms with Gasteiger partial charge in [0.25, 0.3) is 0 Å². The predicted molar refractivity (Wildman–Crippen MR) is 137 cm³/mol. The molecule has 9 heteroatoms. The SMILES string of the molecule is COc1cc(/C=C/C(=O)Nc2nc(-c3ccccc3)c(CN3CCOCC3)s2)cc(OC)c1OC. The lowest BCUT2D eigenvalue weighted by Gasteiger charge is -2.26. The van der Waals surface area contributed by atoms with Gasteiger partial charge in [-0.15, -0.1) is 0 Å². The van der Waals surface area contributed by atoms with Gasteiger partial charge < -0.3 is 18.9 Å². The number of nitrogens with zero attached hydrogens (tertiary/aromatic N) is 2. The van der Waals surface area contributed by atoms with Crippen LogP contribution in [0.3, 0.4) is 0 Å². The summed E-state index contributed by atoms with van der Waals surface area (Å²) < 4.78 is 21.6. The standard InChI is InChI=1S/C26H29N3O5S/c1-31-20-15-18(16-21(32-2)25(20)33-3)9-10-23(30)27-26-28-24(19-7-5-4-6-8-19)22(35-26)17-29-11-13-34-14-12-29/h4-10,15-16H,11-14,17H2,1-3H3,(H,27,28,30)/b10-9+. The van der Waals surface area contributed by atoms with E-state index in [1.54, 1.807) is 39.5 Å². The number of anilines is 1. The number of methoxy groups -OCH3 is 3. The van der Waals surface area contributed by atoms with Crippen LogP contribution in [0.15, 0.2) is 48.5 Å². The van der Waals surface area contributed by atoms with E-state index in [-0.39, 0.29) is 5.91 Å². The van der Waals surface area contributed by atoms with Crippen molar-refractivity contribution in [3.05, 3.63) is 59.0 Å². The molecule has 35 heavy (non-hydrogen) atoms. The second kappa shape index (κ2) is 11.8. The Bertz CT molecular complexity index is 1150. The first-order valence-electron chi connectivity index (χ1n) is 11.3. The zero-order valence-electron chi connectivity index (χ0n) is 20.1. The number of nitrogens with one attached hydrogen (secondary N) is 1. The molecule has 1 N–H and O–H groups in total. The Kier molecular flexibility index (Phi) is 8.36. The molecule has 1 saturated heterocycles. The van der Waals surface area contributed by atoms with Gasteiger partial charge in [-0.05, 0) is 23.8 Å². The monoisotopic (exact) mass is 495 g/mol. The van der Waals surface area contributed by atoms with Crippen LogP contribution in [0.25, 0.3) is 17.3 Å². The fourth-order valence-electron chi connectivity index (χ4n) is 3.81. The summed E-state index contributed by atoms with van der Waals surface area (Å²) >= 11 is 1.50. The van der Waals surface area contributed by atoms with E-state index in [1.807, 2.05) is 30.3 Å². The van der Waals surface area contributed by atoms with E-state index < -0.39 is 0 Å². The lowest BCUT2D eigenvalue weighted by Crippen LogP contribution is -2.35. The van der Waals surface area contributed by atoms with E-state index in [0.717, 1.165) is 54.5 Å². The molecule has 0 unspecified atom stereocenters. The van der Waals surface area contributed by atoms with E-state index >= 15 is 0 Å². The zero-order valence-corrected chi connectivity index (χ0v) is 20.9. The van der Waals surface area contributed by atoms with Crippen LogP contribution in [0.4, 0.5) is 5.13 Å². The number of aromatic nitrogens is 1. The van der Waals surface area contributed by atoms with Crippen LogP contribution < -0.4 is 19.5 Å². The number of benzene rings is 2. The van der Waals surface area contributed by atoms with Crippen molar-refractivity contribution in [2.45, 2.75) is 6.54 Å². The molecule has 0 radical (unpaired) electrons. The Balaban J connectivity index is 1.52. The Morgan fingerprint density at radius 2 is 1.77 bits per heavy atom. The maximum absolute atomic E-state index is 12.7. The van der Waals surface area contributed by atoms with Crippen LogP contribution in [-0.4, -0.2) is 63.4 Å². The molecule has 4 rings (SSSR count). The summed E-state index contributed by atoms with van der Waals surface area (Å²) in [6.45, 7) is 3.99. The van der Waals surface area contributed by atoms with Crippen LogP contribution >= 0.6 is 11.3 Å². The largest absolute Gasteiger partial charge is 0.493 e. The molecule has 1 fully saturated rings. The van der Waals surface area contributed by atoms with Crippen LogP contribution in [-0.2, 0) is 16.1 Å². The molecule has 0 bridgehead atoms. The second-order valence-electron chi connectivity index (χ2n) is 7.83. The number of rotatable bonds is 9. The van der Waals surface area contributed by atoms with Gasteiger partial charge in [0, 0.05) is 36.2 Å². The highest BCUT2D eigenvalue weighted by molar-refractivity contribution is 7.16. The molecule has 1 aliphatic heterocycles. The number of thiazole rings is 1. The van der Waals surface area contributed by atoms with E-state index in [2.05, 4.69) is 10.2 Å². The number of hydrogen-bond acceptors (Lipinski definition) is 8. The Morgan fingerprint density at radius 3 is 2.40 bits per heavy atom. The first-order valence-corrected chi connectivity index (χ1v) is 12.1. The second-order valence-corrected chi connectivity index (χ2v) is 8.91. The minimum Gasteiger partial charge on any atom is -0.493 e. The number of amides is 1. The Hall–Kier alpha value is -3.40. The van der Waals surface area contributed by atoms with Crippen molar-refractivity contribution in [3.63, 3.8) is 0 Å². The Morgan fingerprint density at radius 1 is 1.09 bits per heavy atom. The third kappa shape index (κ3) is 6.19. The van der Waals surface area contributed by atoms with Crippen LogP contribution in [0, 0.1) is 0 Å². The van der Waals surface area contributed by atoms with Crippen molar-refractivity contribution >= 4 is 28.5 Å². The van der Waals surface area contributed by atoms with Crippen molar-refractivity contribution in [1.82, 2.24) is 9.88 Å². The molecule has 0 atom stereocenters. The third-order valence-corrected chi connectivity index (χ3v) is 6.52. The predicted octanol–water partition coefficient (Wildman–Crippen LogP) is 4.32. The summed E-state index contributed by atoms with van der Waals surface area (Å²) in [4.78, 5) is 20.9. The maximum Gasteiger partial charge on any atom is 0.250 e. The molecular formula is C26H29N3O5S. The fourth-order valence-corrected chi connectivity index (χ4v) is 4.84. The first-order chi connectivity index (χ1) is 17.1. The van der Waals surface area contributed by atoms with Crippen molar-refractivity contribution in [1.29, 1.82) is 0 Å². The summed E-state index contributed by atoms with van der Waals surface area (Å²) in [5, 5.41) is 3.47. The number of ether oxygens (including phenoxy) is 4. The van der Waals surface area contributed by atoms with Crippen molar-refractivity contribution in [2.24, 2.45) is 0 Å². The number of carbonyl (C=O) groups excluding carboxylic acids is 1. The minimum atomic E-state index is -0.273. The average Bonchev–Trinajstić information content (AvgIpc) is 3.29. The third-order valence-electron chi connectivity index (χ3n) is 5.56. The molecule has 2 heterocycles. The summed E-state index contributed by atoms with van der Waals surface area (Å²) in [7, 11) is 4.66. The fraction of sp³-hybridized carbons (Fsp3) is 0.308. The number of morpholine rings is 1. The van der Waals surface area contributed by atoms with E-state index in [0.29, 0.717) is 22.4 Å². The summed E-state index contributed by atoms with van der Waals surface area (Å²) in [6.07, 6.45) is 3.16. The molecule has 1 amide bonds. The van der Waals surface area contributed by atoms with Gasteiger partial charge in [-0.25, -0.2) is 4.98 Å². The molecule has 0 spiro atoms. The molecule has 0 aliphatic carbocycles. The number of hydrogen-bond donors (Lipinski definition) is 1. The van der Waals surface area contributed by atoms with Crippen LogP contribution in [0.2, 0.25) is 0 Å². The van der Waals surface area contributed by atoms with Gasteiger partial charge in [-0.2, -0.15) is 0 Å². The zero-order chi connectivity index (χ0) is 24.6. The molecule has 0 saturated carbocycles. The molecule has 8 nitrogen and oxygen atoms in total. The normalized spacial score (nSPS) is 14.1. The smallest absolute Gasteiger partial charge is 0.250 e. The summed E-state index contributed by atoms with van der Waals surface area (Å²) in [6, 6.07) is 13.6. The van der Waals surface area contributed by atoms with Gasteiger partial charge in [0.15, 0.2) is 16.6 Å². The summed E-state index contributed by atoms with van der Waals surface area (Å²) in [5.74, 6) is 1.27. The molecular weight excluding hydrogens is 466 g/mol. The van der Waals surface area contributed by atoms with Gasteiger partial charge >= 0.3 is 0 Å². The highest BCUT2D eigenvalue weighted by Crippen LogP contribution is 2.38. The van der Waals surface area contributed by atoms with Gasteiger partial charge in [0.1, 0.15) is 0 Å². The average molecular weight is 496 g/mol. The van der Waals surface area contributed by atoms with Gasteiger partial charge in [-0.3, -0.25) is 15.0 Å². The van der Waals surface area contributed by atoms with Gasteiger partial charge in [-0.1, -0.05) is 41.7 Å². The first kappa shape index (κ1) is 24.7. The van der Waals surface area contributed by atoms with E-state index in [9.17, 15) is 4.79 Å². The molecule has 3 aromatic rings. The maximum atomic E-state index is 12.7. The minimum absolute atomic E-state index is 0.273. The lowest BCUT2D eigenvalue weighted by atomic mass is 10.1. The van der Waals surface area contributed by atoms with Crippen LogP contribution in [0.1, 0.15) is 10.4 Å². The highest BCUT2D eigenvalue weighted by atomic mass is 32.1. The van der Waals surface area contributed by atoms with Crippen molar-refractivity contribution in [2.75, 3.05) is 52.9 Å². The van der Waals surface area contributed by atoms with Gasteiger partial charge in [0.2, 0.25) is 11.7 Å². The lowest BCUT2D eigenvalue weighted by molar-refractivity contribution is -0.111. The summed E-state index contributed by atoms with van der Waals surface area (Å²) in [5.41, 5.74) is 2.67. The van der Waals surface area contributed by atoms with Crippen LogP contribution in [0.5, 0.6) is 17.2 Å². The molecule has 1 aromatic heterocycles. The van der Waals surface area contributed by atoms with E-state index in [4.69, 9.17) is 23.9 Å².